The van der Waals surface area contributed by atoms with Crippen LogP contribution in [-0.4, -0.2) is 5.91 Å². The van der Waals surface area contributed by atoms with Crippen molar-refractivity contribution >= 4 is 40.9 Å². The van der Waals surface area contributed by atoms with Gasteiger partial charge in [0.2, 0.25) is 0 Å². The third kappa shape index (κ3) is 4.35. The molecule has 0 saturated carbocycles. The highest BCUT2D eigenvalue weighted by Gasteiger charge is 2.09. The molecule has 5 heteroatoms. The van der Waals surface area contributed by atoms with Crippen molar-refractivity contribution in [2.24, 2.45) is 0 Å². The number of anilines is 1. The second kappa shape index (κ2) is 6.94. The number of carbonyl (C=O) groups is 1. The van der Waals surface area contributed by atoms with Crippen LogP contribution in [0.1, 0.15) is 5.56 Å². The van der Waals surface area contributed by atoms with Crippen molar-refractivity contribution in [2.45, 2.75) is 0 Å². The number of benzene rings is 2. The van der Waals surface area contributed by atoms with E-state index in [1.807, 2.05) is 6.07 Å². The molecule has 0 saturated heterocycles. The van der Waals surface area contributed by atoms with Gasteiger partial charge in [0.15, 0.2) is 0 Å². The van der Waals surface area contributed by atoms with E-state index in [9.17, 15) is 4.79 Å². The number of hydrogen-bond acceptors (Lipinski definition) is 2. The molecule has 104 valence electrons. The number of amides is 1. The summed E-state index contributed by atoms with van der Waals surface area (Å²) in [6, 6.07) is 15.4. The molecule has 0 aliphatic heterocycles. The lowest BCUT2D eigenvalue weighted by molar-refractivity contribution is -0.112. The maximum absolute atomic E-state index is 12.0. The largest absolute Gasteiger partial charge is 0.321 e. The summed E-state index contributed by atoms with van der Waals surface area (Å²) in [6.45, 7) is 0. The summed E-state index contributed by atoms with van der Waals surface area (Å²) in [5, 5.41) is 12.9. The van der Waals surface area contributed by atoms with Crippen LogP contribution in [0.2, 0.25) is 10.0 Å². The number of halogens is 2. The van der Waals surface area contributed by atoms with E-state index in [0.29, 0.717) is 15.7 Å². The van der Waals surface area contributed by atoms with Crippen LogP contribution in [0.15, 0.2) is 54.1 Å². The number of carbonyl (C=O) groups excluding carboxylic acids is 1. The van der Waals surface area contributed by atoms with E-state index >= 15 is 0 Å². The van der Waals surface area contributed by atoms with Gasteiger partial charge in [-0.15, -0.1) is 0 Å². The summed E-state index contributed by atoms with van der Waals surface area (Å²) in [7, 11) is 0. The Kier molecular flexibility index (Phi) is 4.99. The molecule has 3 nitrogen and oxygen atoms in total. The molecule has 0 heterocycles. The van der Waals surface area contributed by atoms with Crippen LogP contribution in [-0.2, 0) is 4.79 Å². The maximum atomic E-state index is 12.0. The topological polar surface area (TPSA) is 52.9 Å². The van der Waals surface area contributed by atoms with Gasteiger partial charge in [0.05, 0.1) is 0 Å². The fraction of sp³-hybridized carbons (Fsp3) is 0. The van der Waals surface area contributed by atoms with E-state index in [1.165, 1.54) is 6.08 Å². The normalized spacial score (nSPS) is 10.8. The fourth-order valence-electron chi connectivity index (χ4n) is 1.61. The number of rotatable bonds is 3. The number of nitrogens with zero attached hydrogens (tertiary/aromatic N) is 1. The minimum atomic E-state index is -0.477. The van der Waals surface area contributed by atoms with Crippen LogP contribution in [0, 0.1) is 11.3 Å². The maximum Gasteiger partial charge on any atom is 0.266 e. The van der Waals surface area contributed by atoms with Crippen molar-refractivity contribution in [2.75, 3.05) is 5.32 Å². The van der Waals surface area contributed by atoms with Crippen molar-refractivity contribution in [1.82, 2.24) is 0 Å². The van der Waals surface area contributed by atoms with E-state index in [4.69, 9.17) is 28.5 Å². The smallest absolute Gasteiger partial charge is 0.266 e. The van der Waals surface area contributed by atoms with Crippen molar-refractivity contribution < 1.29 is 4.79 Å². The summed E-state index contributed by atoms with van der Waals surface area (Å²) in [6.07, 6.45) is 1.50. The van der Waals surface area contributed by atoms with E-state index in [1.54, 1.807) is 48.5 Å². The molecule has 0 unspecified atom stereocenters. The lowest BCUT2D eigenvalue weighted by Gasteiger charge is -2.04. The first-order valence-electron chi connectivity index (χ1n) is 6.03. The minimum Gasteiger partial charge on any atom is -0.321 e. The monoisotopic (exact) mass is 316 g/mol. The first-order chi connectivity index (χ1) is 10.1. The zero-order chi connectivity index (χ0) is 15.2. The lowest BCUT2D eigenvalue weighted by atomic mass is 10.1. The number of nitrogens with one attached hydrogen (secondary N) is 1. The van der Waals surface area contributed by atoms with Crippen LogP contribution in [0.25, 0.3) is 6.08 Å². The number of nitriles is 1. The molecule has 0 radical (unpaired) electrons. The van der Waals surface area contributed by atoms with Gasteiger partial charge in [-0.05, 0) is 48.0 Å². The van der Waals surface area contributed by atoms with Gasteiger partial charge < -0.3 is 5.32 Å². The fourth-order valence-corrected chi connectivity index (χ4v) is 1.86. The van der Waals surface area contributed by atoms with Crippen molar-refractivity contribution in [3.63, 3.8) is 0 Å². The Morgan fingerprint density at radius 2 is 1.52 bits per heavy atom. The average Bonchev–Trinajstić information content (AvgIpc) is 2.49. The predicted molar refractivity (Wildman–Crippen MR) is 85.1 cm³/mol. The summed E-state index contributed by atoms with van der Waals surface area (Å²) >= 11 is 11.6. The second-order valence-electron chi connectivity index (χ2n) is 4.18. The summed E-state index contributed by atoms with van der Waals surface area (Å²) in [5.41, 5.74) is 1.30. The SMILES string of the molecule is N#CC(=Cc1ccc(Cl)cc1)C(=O)Nc1ccc(Cl)cc1. The Morgan fingerprint density at radius 3 is 2.05 bits per heavy atom. The van der Waals surface area contributed by atoms with Gasteiger partial charge in [0.1, 0.15) is 11.6 Å². The Balaban J connectivity index is 2.17. The van der Waals surface area contributed by atoms with Gasteiger partial charge in [-0.2, -0.15) is 5.26 Å². The summed E-state index contributed by atoms with van der Waals surface area (Å²) in [4.78, 5) is 12.0. The van der Waals surface area contributed by atoms with E-state index in [2.05, 4.69) is 5.32 Å². The van der Waals surface area contributed by atoms with Crippen LogP contribution >= 0.6 is 23.2 Å². The van der Waals surface area contributed by atoms with Gasteiger partial charge in [0, 0.05) is 15.7 Å². The number of hydrogen-bond donors (Lipinski definition) is 1. The van der Waals surface area contributed by atoms with Crippen LogP contribution in [0.4, 0.5) is 5.69 Å². The highest BCUT2D eigenvalue weighted by molar-refractivity contribution is 6.31. The molecule has 1 N–H and O–H groups in total. The van der Waals surface area contributed by atoms with Crippen molar-refractivity contribution in [3.8, 4) is 6.07 Å². The Hall–Kier alpha value is -2.28. The van der Waals surface area contributed by atoms with E-state index in [-0.39, 0.29) is 5.57 Å². The van der Waals surface area contributed by atoms with Crippen LogP contribution in [0.3, 0.4) is 0 Å². The quantitative estimate of drug-likeness (QED) is 0.667. The van der Waals surface area contributed by atoms with Crippen LogP contribution in [0.5, 0.6) is 0 Å². The summed E-state index contributed by atoms with van der Waals surface area (Å²) in [5.74, 6) is -0.477. The Bertz CT molecular complexity index is 713. The molecule has 0 bridgehead atoms. The molecule has 1 amide bonds. The van der Waals surface area contributed by atoms with Gasteiger partial charge in [-0.1, -0.05) is 35.3 Å². The molecular formula is C16H10Cl2N2O. The highest BCUT2D eigenvalue weighted by Crippen LogP contribution is 2.16. The van der Waals surface area contributed by atoms with Gasteiger partial charge >= 0.3 is 0 Å². The van der Waals surface area contributed by atoms with Crippen LogP contribution < -0.4 is 5.32 Å². The first-order valence-corrected chi connectivity index (χ1v) is 6.78. The molecule has 0 fully saturated rings. The Morgan fingerprint density at radius 1 is 1.00 bits per heavy atom. The second-order valence-corrected chi connectivity index (χ2v) is 5.06. The molecule has 2 aromatic carbocycles. The van der Waals surface area contributed by atoms with Crippen molar-refractivity contribution in [3.05, 3.63) is 69.7 Å². The highest BCUT2D eigenvalue weighted by atomic mass is 35.5. The zero-order valence-electron chi connectivity index (χ0n) is 10.8. The van der Waals surface area contributed by atoms with Gasteiger partial charge in [-0.25, -0.2) is 0 Å². The standard InChI is InChI=1S/C16H10Cl2N2O/c17-13-3-1-11(2-4-13)9-12(10-19)16(21)20-15-7-5-14(18)6-8-15/h1-9H,(H,20,21). The molecule has 0 aliphatic carbocycles. The molecule has 0 atom stereocenters. The summed E-state index contributed by atoms with van der Waals surface area (Å²) < 4.78 is 0. The Labute approximate surface area is 132 Å². The molecule has 21 heavy (non-hydrogen) atoms. The minimum absolute atomic E-state index is 0.00673. The zero-order valence-corrected chi connectivity index (χ0v) is 12.3. The van der Waals surface area contributed by atoms with Gasteiger partial charge in [-0.3, -0.25) is 4.79 Å². The van der Waals surface area contributed by atoms with Gasteiger partial charge in [0.25, 0.3) is 5.91 Å². The lowest BCUT2D eigenvalue weighted by Crippen LogP contribution is -2.13. The average molecular weight is 317 g/mol. The third-order valence-corrected chi connectivity index (χ3v) is 3.15. The van der Waals surface area contributed by atoms with E-state index in [0.717, 1.165) is 5.56 Å². The molecule has 0 spiro atoms. The molecular weight excluding hydrogens is 307 g/mol. The third-order valence-electron chi connectivity index (χ3n) is 2.65. The molecule has 0 aromatic heterocycles. The predicted octanol–water partition coefficient (Wildman–Crippen LogP) is 4.54. The molecule has 2 aromatic rings. The molecule has 0 aliphatic rings. The van der Waals surface area contributed by atoms with E-state index < -0.39 is 5.91 Å². The van der Waals surface area contributed by atoms with Crippen molar-refractivity contribution in [1.29, 1.82) is 5.26 Å². The molecule has 2 rings (SSSR count). The first kappa shape index (κ1) is 15.1.